The predicted molar refractivity (Wildman–Crippen MR) is 94.1 cm³/mol. The standard InChI is InChI=1S/C19H25N3O3/c1-21(19(23)18-11-17(14-24-2)25-20-18)16-9-6-10-22(13-16)12-15-7-4-3-5-8-15/h3-5,7-8,11,16H,6,9-10,12-14H2,1-2H3. The molecule has 6 heteroatoms. The fourth-order valence-electron chi connectivity index (χ4n) is 3.30. The van der Waals surface area contributed by atoms with E-state index < -0.39 is 0 Å². The van der Waals surface area contributed by atoms with Crippen molar-refractivity contribution in [1.29, 1.82) is 0 Å². The SMILES string of the molecule is COCc1cc(C(=O)N(C)C2CCCN(Cc3ccccc3)C2)no1. The Kier molecular flexibility index (Phi) is 5.83. The zero-order chi connectivity index (χ0) is 17.6. The molecule has 2 aromatic rings. The molecule has 3 rings (SSSR count). The number of piperidine rings is 1. The number of hydrogen-bond acceptors (Lipinski definition) is 5. The van der Waals surface area contributed by atoms with E-state index in [0.717, 1.165) is 32.5 Å². The quantitative estimate of drug-likeness (QED) is 0.807. The summed E-state index contributed by atoms with van der Waals surface area (Å²) in [5.74, 6) is 0.464. The van der Waals surface area contributed by atoms with Crippen LogP contribution in [-0.2, 0) is 17.9 Å². The van der Waals surface area contributed by atoms with Crippen molar-refractivity contribution in [2.75, 3.05) is 27.2 Å². The first-order valence-corrected chi connectivity index (χ1v) is 8.65. The second-order valence-electron chi connectivity index (χ2n) is 6.54. The van der Waals surface area contributed by atoms with Crippen LogP contribution in [0, 0.1) is 0 Å². The molecular weight excluding hydrogens is 318 g/mol. The lowest BCUT2D eigenvalue weighted by molar-refractivity contribution is 0.0599. The molecule has 1 aliphatic rings. The van der Waals surface area contributed by atoms with Crippen LogP contribution in [0.2, 0.25) is 0 Å². The molecule has 25 heavy (non-hydrogen) atoms. The molecule has 1 amide bonds. The van der Waals surface area contributed by atoms with Crippen LogP contribution in [0.25, 0.3) is 0 Å². The van der Waals surface area contributed by atoms with E-state index in [2.05, 4.69) is 34.3 Å². The summed E-state index contributed by atoms with van der Waals surface area (Å²) in [6.45, 7) is 3.18. The van der Waals surface area contributed by atoms with Crippen LogP contribution in [0.3, 0.4) is 0 Å². The van der Waals surface area contributed by atoms with Gasteiger partial charge in [0.2, 0.25) is 0 Å². The van der Waals surface area contributed by atoms with Crippen molar-refractivity contribution in [3.05, 3.63) is 53.4 Å². The highest BCUT2D eigenvalue weighted by atomic mass is 16.5. The minimum atomic E-state index is -0.0994. The zero-order valence-electron chi connectivity index (χ0n) is 14.9. The smallest absolute Gasteiger partial charge is 0.276 e. The number of nitrogens with zero attached hydrogens (tertiary/aromatic N) is 3. The maximum atomic E-state index is 12.7. The predicted octanol–water partition coefficient (Wildman–Crippen LogP) is 2.56. The molecule has 6 nitrogen and oxygen atoms in total. The summed E-state index contributed by atoms with van der Waals surface area (Å²) < 4.78 is 10.1. The van der Waals surface area contributed by atoms with Crippen LogP contribution < -0.4 is 0 Å². The van der Waals surface area contributed by atoms with E-state index in [-0.39, 0.29) is 11.9 Å². The van der Waals surface area contributed by atoms with E-state index in [0.29, 0.717) is 18.1 Å². The molecule has 134 valence electrons. The summed E-state index contributed by atoms with van der Waals surface area (Å²) in [4.78, 5) is 16.9. The van der Waals surface area contributed by atoms with Crippen LogP contribution in [0.5, 0.6) is 0 Å². The van der Waals surface area contributed by atoms with Crippen molar-refractivity contribution in [3.8, 4) is 0 Å². The molecule has 1 saturated heterocycles. The van der Waals surface area contributed by atoms with Gasteiger partial charge in [-0.1, -0.05) is 35.5 Å². The van der Waals surface area contributed by atoms with Gasteiger partial charge >= 0.3 is 0 Å². The third-order valence-corrected chi connectivity index (χ3v) is 4.66. The van der Waals surface area contributed by atoms with Gasteiger partial charge in [0, 0.05) is 39.4 Å². The number of benzene rings is 1. The highest BCUT2D eigenvalue weighted by Gasteiger charge is 2.28. The molecule has 1 aromatic heterocycles. The van der Waals surface area contributed by atoms with Crippen LogP contribution in [-0.4, -0.2) is 54.2 Å². The van der Waals surface area contributed by atoms with Crippen molar-refractivity contribution in [3.63, 3.8) is 0 Å². The molecule has 1 atom stereocenters. The van der Waals surface area contributed by atoms with Crippen molar-refractivity contribution >= 4 is 5.91 Å². The van der Waals surface area contributed by atoms with E-state index in [1.165, 1.54) is 5.56 Å². The van der Waals surface area contributed by atoms with Crippen molar-refractivity contribution in [2.24, 2.45) is 0 Å². The summed E-state index contributed by atoms with van der Waals surface area (Å²) in [6, 6.07) is 12.3. The molecule has 1 unspecified atom stereocenters. The minimum Gasteiger partial charge on any atom is -0.377 e. The highest BCUT2D eigenvalue weighted by Crippen LogP contribution is 2.19. The Hall–Kier alpha value is -2.18. The molecule has 1 aliphatic heterocycles. The Labute approximate surface area is 148 Å². The van der Waals surface area contributed by atoms with Gasteiger partial charge in [0.15, 0.2) is 11.5 Å². The largest absolute Gasteiger partial charge is 0.377 e. The molecule has 0 radical (unpaired) electrons. The first kappa shape index (κ1) is 17.6. The van der Waals surface area contributed by atoms with Gasteiger partial charge in [0.05, 0.1) is 0 Å². The van der Waals surface area contributed by atoms with Gasteiger partial charge in [-0.2, -0.15) is 0 Å². The van der Waals surface area contributed by atoms with Gasteiger partial charge in [-0.15, -0.1) is 0 Å². The average molecular weight is 343 g/mol. The summed E-state index contributed by atoms with van der Waals surface area (Å²) in [7, 11) is 3.43. The third-order valence-electron chi connectivity index (χ3n) is 4.66. The topological polar surface area (TPSA) is 58.8 Å². The monoisotopic (exact) mass is 343 g/mol. The highest BCUT2D eigenvalue weighted by molar-refractivity contribution is 5.92. The summed E-state index contributed by atoms with van der Waals surface area (Å²) in [5.41, 5.74) is 1.65. The number of rotatable bonds is 6. The number of ether oxygens (including phenoxy) is 1. The molecular formula is C19H25N3O3. The van der Waals surface area contributed by atoms with Crippen LogP contribution in [0.1, 0.15) is 34.7 Å². The Morgan fingerprint density at radius 2 is 2.20 bits per heavy atom. The van der Waals surface area contributed by atoms with E-state index in [1.807, 2.05) is 13.1 Å². The lowest BCUT2D eigenvalue weighted by Gasteiger charge is -2.37. The lowest BCUT2D eigenvalue weighted by Crippen LogP contribution is -2.48. The minimum absolute atomic E-state index is 0.0994. The van der Waals surface area contributed by atoms with Crippen molar-refractivity contribution < 1.29 is 14.1 Å². The van der Waals surface area contributed by atoms with Gasteiger partial charge in [0.25, 0.3) is 5.91 Å². The first-order valence-electron chi connectivity index (χ1n) is 8.65. The van der Waals surface area contributed by atoms with E-state index >= 15 is 0 Å². The zero-order valence-corrected chi connectivity index (χ0v) is 14.9. The molecule has 0 spiro atoms. The van der Waals surface area contributed by atoms with Gasteiger partial charge in [-0.25, -0.2) is 0 Å². The fourth-order valence-corrected chi connectivity index (χ4v) is 3.30. The van der Waals surface area contributed by atoms with Gasteiger partial charge in [-0.05, 0) is 24.9 Å². The lowest BCUT2D eigenvalue weighted by atomic mass is 10.0. The molecule has 1 aromatic carbocycles. The fraction of sp³-hybridized carbons (Fsp3) is 0.474. The molecule has 2 heterocycles. The average Bonchev–Trinajstić information content (AvgIpc) is 3.10. The normalized spacial score (nSPS) is 18.2. The number of methoxy groups -OCH3 is 1. The van der Waals surface area contributed by atoms with Crippen LogP contribution >= 0.6 is 0 Å². The number of carbonyl (C=O) groups excluding carboxylic acids is 1. The number of carbonyl (C=O) groups is 1. The molecule has 1 fully saturated rings. The molecule has 0 bridgehead atoms. The van der Waals surface area contributed by atoms with E-state index in [9.17, 15) is 4.79 Å². The van der Waals surface area contributed by atoms with E-state index in [4.69, 9.17) is 9.26 Å². The van der Waals surface area contributed by atoms with Gasteiger partial charge in [-0.3, -0.25) is 9.69 Å². The number of amides is 1. The maximum Gasteiger partial charge on any atom is 0.276 e. The summed E-state index contributed by atoms with van der Waals surface area (Å²) in [6.07, 6.45) is 2.10. The Morgan fingerprint density at radius 1 is 1.40 bits per heavy atom. The molecule has 0 aliphatic carbocycles. The van der Waals surface area contributed by atoms with Gasteiger partial charge < -0.3 is 14.2 Å². The van der Waals surface area contributed by atoms with E-state index in [1.54, 1.807) is 18.1 Å². The Morgan fingerprint density at radius 3 is 2.96 bits per heavy atom. The molecule has 0 N–H and O–H groups in total. The summed E-state index contributed by atoms with van der Waals surface area (Å²) in [5, 5.41) is 3.88. The molecule has 0 saturated carbocycles. The number of hydrogen-bond donors (Lipinski definition) is 0. The number of likely N-dealkylation sites (tertiary alicyclic amines) is 1. The van der Waals surface area contributed by atoms with Crippen LogP contribution in [0.15, 0.2) is 40.9 Å². The maximum absolute atomic E-state index is 12.7. The second-order valence-corrected chi connectivity index (χ2v) is 6.54. The van der Waals surface area contributed by atoms with Crippen molar-refractivity contribution in [2.45, 2.75) is 32.0 Å². The second kappa shape index (κ2) is 8.27. The van der Waals surface area contributed by atoms with Gasteiger partial charge in [0.1, 0.15) is 6.61 Å². The third kappa shape index (κ3) is 4.46. The number of aromatic nitrogens is 1. The van der Waals surface area contributed by atoms with Crippen LogP contribution in [0.4, 0.5) is 0 Å². The summed E-state index contributed by atoms with van der Waals surface area (Å²) >= 11 is 0. The Bertz CT molecular complexity index is 686. The van der Waals surface area contributed by atoms with Crippen molar-refractivity contribution in [1.82, 2.24) is 15.0 Å². The Balaban J connectivity index is 1.60. The number of likely N-dealkylation sites (N-methyl/N-ethyl adjacent to an activating group) is 1. The first-order chi connectivity index (χ1) is 12.2.